The number of hydrogen-bond donors (Lipinski definition) is 1. The molecule has 3 aromatic rings. The van der Waals surface area contributed by atoms with Crippen molar-refractivity contribution in [2.45, 2.75) is 54.9 Å². The number of anilines is 2. The molecule has 1 N–H and O–H groups in total. The van der Waals surface area contributed by atoms with Gasteiger partial charge in [0.15, 0.2) is 0 Å². The standard InChI is InChI=1S/C33H38F6N2O3S4/c1-6-48(7-2,8-3)44-31(33(37,38)39,21-20-25-16-18-27(45-4)19-17-25)29-14-9-10-15-30(29)41(23-22-32(34,35)36)46-28-13-11-12-26(24-28)40-47(5,42)43/h9-19,24,40H,6-8,22-23H2,1-5H3. The number of nitrogens with one attached hydrogen (secondary N) is 1. The molecule has 48 heavy (non-hydrogen) atoms. The van der Waals surface area contributed by atoms with Crippen LogP contribution in [0.4, 0.5) is 37.7 Å². The van der Waals surface area contributed by atoms with E-state index in [1.54, 1.807) is 45.0 Å². The molecule has 0 radical (unpaired) electrons. The predicted molar refractivity (Wildman–Crippen MR) is 188 cm³/mol. The zero-order valence-corrected chi connectivity index (χ0v) is 30.3. The van der Waals surface area contributed by atoms with Crippen molar-refractivity contribution < 1.29 is 38.9 Å². The Hall–Kier alpha value is -2.64. The van der Waals surface area contributed by atoms with E-state index >= 15 is 13.2 Å². The van der Waals surface area contributed by atoms with Gasteiger partial charge in [-0.2, -0.15) is 26.3 Å². The Kier molecular flexibility index (Phi) is 13.6. The molecule has 0 aliphatic heterocycles. The van der Waals surface area contributed by atoms with E-state index in [9.17, 15) is 21.6 Å². The molecular weight excluding hydrogens is 715 g/mol. The molecule has 3 rings (SSSR count). The molecule has 0 aliphatic carbocycles. The van der Waals surface area contributed by atoms with Crippen LogP contribution >= 0.6 is 34.0 Å². The molecule has 264 valence electrons. The zero-order valence-electron chi connectivity index (χ0n) is 27.0. The summed E-state index contributed by atoms with van der Waals surface area (Å²) in [5.41, 5.74) is -3.38. The molecular formula is C33H38F6N2O3S4. The lowest BCUT2D eigenvalue weighted by molar-refractivity contribution is -0.227. The van der Waals surface area contributed by atoms with Gasteiger partial charge in [-0.15, -0.1) is 22.1 Å². The van der Waals surface area contributed by atoms with Crippen molar-refractivity contribution in [3.05, 3.63) is 83.9 Å². The molecule has 0 heterocycles. The molecule has 0 fully saturated rings. The van der Waals surface area contributed by atoms with E-state index in [0.29, 0.717) is 22.8 Å². The second kappa shape index (κ2) is 16.4. The van der Waals surface area contributed by atoms with E-state index in [1.165, 1.54) is 60.3 Å². The summed E-state index contributed by atoms with van der Waals surface area (Å²) in [7, 11) is -6.05. The van der Waals surface area contributed by atoms with Gasteiger partial charge in [0.25, 0.3) is 5.60 Å². The van der Waals surface area contributed by atoms with Crippen molar-refractivity contribution >= 4 is 55.4 Å². The van der Waals surface area contributed by atoms with E-state index in [1.807, 2.05) is 6.26 Å². The fraction of sp³-hybridized carbons (Fsp3) is 0.394. The molecule has 0 aromatic heterocycles. The van der Waals surface area contributed by atoms with Gasteiger partial charge in [0.05, 0.1) is 18.4 Å². The summed E-state index contributed by atoms with van der Waals surface area (Å²) < 4.78 is 122. The van der Waals surface area contributed by atoms with Crippen LogP contribution in [0.25, 0.3) is 0 Å². The van der Waals surface area contributed by atoms with Crippen LogP contribution in [0.3, 0.4) is 0 Å². The summed E-state index contributed by atoms with van der Waals surface area (Å²) in [6, 6.07) is 17.9. The summed E-state index contributed by atoms with van der Waals surface area (Å²) in [5, 5.41) is 0. The minimum Gasteiger partial charge on any atom is -0.311 e. The predicted octanol–water partition coefficient (Wildman–Crippen LogP) is 9.85. The van der Waals surface area contributed by atoms with Crippen LogP contribution in [-0.4, -0.2) is 57.1 Å². The van der Waals surface area contributed by atoms with Gasteiger partial charge in [0, 0.05) is 33.2 Å². The number of rotatable bonds is 14. The Bertz CT molecular complexity index is 1680. The second-order valence-corrected chi connectivity index (χ2v) is 18.1. The molecule has 15 heteroatoms. The highest BCUT2D eigenvalue weighted by atomic mass is 32.3. The highest BCUT2D eigenvalue weighted by Gasteiger charge is 2.60. The van der Waals surface area contributed by atoms with Crippen LogP contribution in [-0.2, 0) is 19.8 Å². The van der Waals surface area contributed by atoms with Crippen molar-refractivity contribution in [3.8, 4) is 11.8 Å². The van der Waals surface area contributed by atoms with Gasteiger partial charge in [0.1, 0.15) is 0 Å². The first-order valence-corrected chi connectivity index (χ1v) is 20.8. The first-order chi connectivity index (χ1) is 22.4. The molecule has 0 saturated heterocycles. The smallest absolute Gasteiger partial charge is 0.311 e. The summed E-state index contributed by atoms with van der Waals surface area (Å²) in [4.78, 5) is 1.18. The molecule has 0 aliphatic rings. The van der Waals surface area contributed by atoms with Crippen molar-refractivity contribution in [2.75, 3.05) is 45.3 Å². The lowest BCUT2D eigenvalue weighted by Gasteiger charge is -2.46. The third-order valence-electron chi connectivity index (χ3n) is 7.26. The van der Waals surface area contributed by atoms with Crippen molar-refractivity contribution in [1.29, 1.82) is 0 Å². The minimum atomic E-state index is -5.12. The summed E-state index contributed by atoms with van der Waals surface area (Å²) in [6.07, 6.45) is -8.27. The monoisotopic (exact) mass is 752 g/mol. The second-order valence-electron chi connectivity index (χ2n) is 10.6. The van der Waals surface area contributed by atoms with Crippen LogP contribution in [0.15, 0.2) is 82.6 Å². The molecule has 0 bridgehead atoms. The third-order valence-corrected chi connectivity index (χ3v) is 13.4. The van der Waals surface area contributed by atoms with Gasteiger partial charge in [-0.3, -0.25) is 4.72 Å². The van der Waals surface area contributed by atoms with Gasteiger partial charge in [0.2, 0.25) is 10.0 Å². The van der Waals surface area contributed by atoms with Crippen LogP contribution in [0.1, 0.15) is 38.3 Å². The Morgan fingerprint density at radius 3 is 2.02 bits per heavy atom. The van der Waals surface area contributed by atoms with Crippen LogP contribution in [0.5, 0.6) is 0 Å². The number of thioether (sulfide) groups is 1. The normalized spacial score (nSPS) is 14.1. The van der Waals surface area contributed by atoms with Crippen LogP contribution < -0.4 is 9.03 Å². The number of alkyl halides is 6. The van der Waals surface area contributed by atoms with Crippen molar-refractivity contribution in [2.24, 2.45) is 0 Å². The number of halogens is 6. The van der Waals surface area contributed by atoms with Gasteiger partial charge in [-0.05, 0) is 89.9 Å². The summed E-state index contributed by atoms with van der Waals surface area (Å²) >= 11 is 2.21. The van der Waals surface area contributed by atoms with E-state index in [4.69, 9.17) is 4.18 Å². The third kappa shape index (κ3) is 10.7. The molecule has 5 nitrogen and oxygen atoms in total. The number of hydrogen-bond acceptors (Lipinski definition) is 6. The maximum atomic E-state index is 15.8. The Labute approximate surface area is 289 Å². The van der Waals surface area contributed by atoms with Gasteiger partial charge >= 0.3 is 12.4 Å². The molecule has 1 unspecified atom stereocenters. The molecule has 0 saturated carbocycles. The average molecular weight is 753 g/mol. The zero-order chi connectivity index (χ0) is 35.8. The first-order valence-electron chi connectivity index (χ1n) is 14.8. The SMILES string of the molecule is CCS(CC)(CC)OC(C#Cc1ccc(SC)cc1)(c1ccccc1N(CCC(F)(F)F)Sc1cccc(NS(C)(=O)=O)c1)C(F)(F)F. The van der Waals surface area contributed by atoms with Gasteiger partial charge in [-0.1, -0.05) is 51.0 Å². The molecule has 0 amide bonds. The maximum absolute atomic E-state index is 15.8. The Balaban J connectivity index is 2.33. The average Bonchev–Trinajstić information content (AvgIpc) is 3.02. The molecule has 0 spiro atoms. The van der Waals surface area contributed by atoms with Crippen LogP contribution in [0.2, 0.25) is 0 Å². The van der Waals surface area contributed by atoms with E-state index in [2.05, 4.69) is 16.6 Å². The first kappa shape index (κ1) is 39.8. The summed E-state index contributed by atoms with van der Waals surface area (Å²) in [6.45, 7) is 4.55. The van der Waals surface area contributed by atoms with Crippen LogP contribution in [0, 0.1) is 11.8 Å². The highest BCUT2D eigenvalue weighted by Crippen LogP contribution is 2.59. The number of para-hydroxylation sites is 1. The molecule has 3 aromatic carbocycles. The Morgan fingerprint density at radius 1 is 0.854 bits per heavy atom. The van der Waals surface area contributed by atoms with Gasteiger partial charge in [-0.25, -0.2) is 8.42 Å². The molecule has 1 atom stereocenters. The lowest BCUT2D eigenvalue weighted by atomic mass is 9.91. The van der Waals surface area contributed by atoms with Gasteiger partial charge < -0.3 is 8.49 Å². The largest absolute Gasteiger partial charge is 0.434 e. The van der Waals surface area contributed by atoms with E-state index in [-0.39, 0.29) is 16.3 Å². The van der Waals surface area contributed by atoms with Crippen molar-refractivity contribution in [1.82, 2.24) is 0 Å². The lowest BCUT2D eigenvalue weighted by Crippen LogP contribution is -2.46. The topological polar surface area (TPSA) is 58.6 Å². The maximum Gasteiger partial charge on any atom is 0.434 e. The number of nitrogens with zero attached hydrogens (tertiary/aromatic N) is 1. The van der Waals surface area contributed by atoms with E-state index < -0.39 is 56.8 Å². The summed E-state index contributed by atoms with van der Waals surface area (Å²) in [5.74, 6) is 6.03. The fourth-order valence-electron chi connectivity index (χ4n) is 4.68. The fourth-order valence-corrected chi connectivity index (χ4v) is 8.99. The van der Waals surface area contributed by atoms with E-state index in [0.717, 1.165) is 27.4 Å². The number of benzene rings is 3. The Morgan fingerprint density at radius 2 is 1.48 bits per heavy atom. The van der Waals surface area contributed by atoms with Crippen molar-refractivity contribution in [3.63, 3.8) is 0 Å². The highest BCUT2D eigenvalue weighted by molar-refractivity contribution is 8.29. The number of sulfonamides is 1. The minimum absolute atomic E-state index is 0.139. The quantitative estimate of drug-likeness (QED) is 0.0766.